The number of morpholine rings is 1. The predicted octanol–water partition coefficient (Wildman–Crippen LogP) is 3.43. The quantitative estimate of drug-likeness (QED) is 0.853. The van der Waals surface area contributed by atoms with Gasteiger partial charge in [0.1, 0.15) is 10.7 Å². The van der Waals surface area contributed by atoms with Crippen LogP contribution >= 0.6 is 11.3 Å². The van der Waals surface area contributed by atoms with Crippen molar-refractivity contribution in [2.75, 3.05) is 13.1 Å². The largest absolute Gasteiger partial charge is 0.372 e. The minimum atomic E-state index is -0.250. The first-order chi connectivity index (χ1) is 11.4. The average molecular weight is 348 g/mol. The zero-order valence-electron chi connectivity index (χ0n) is 14.1. The van der Waals surface area contributed by atoms with Gasteiger partial charge in [-0.15, -0.1) is 11.3 Å². The van der Waals surface area contributed by atoms with Crippen LogP contribution in [-0.2, 0) is 11.2 Å². The molecule has 1 fully saturated rings. The summed E-state index contributed by atoms with van der Waals surface area (Å²) in [5, 5.41) is 0.872. The van der Waals surface area contributed by atoms with Crippen LogP contribution in [-0.4, -0.2) is 41.1 Å². The monoisotopic (exact) mass is 348 g/mol. The molecule has 2 aromatic rings. The number of hydrogen-bond donors (Lipinski definition) is 0. The summed E-state index contributed by atoms with van der Waals surface area (Å²) in [5.41, 5.74) is 1.74. The third-order valence-electron chi connectivity index (χ3n) is 4.01. The van der Waals surface area contributed by atoms with Crippen molar-refractivity contribution in [3.05, 3.63) is 51.2 Å². The lowest BCUT2D eigenvalue weighted by atomic mass is 10.1. The lowest BCUT2D eigenvalue weighted by Crippen LogP contribution is -2.48. The Bertz CT molecular complexity index is 719. The minimum Gasteiger partial charge on any atom is -0.372 e. The van der Waals surface area contributed by atoms with Crippen LogP contribution in [0.25, 0.3) is 0 Å². The average Bonchev–Trinajstić information content (AvgIpc) is 2.88. The number of benzene rings is 1. The molecule has 0 unspecified atom stereocenters. The number of aryl methyl sites for hydroxylation is 1. The predicted molar refractivity (Wildman–Crippen MR) is 92.0 cm³/mol. The molecule has 1 amide bonds. The summed E-state index contributed by atoms with van der Waals surface area (Å²) in [4.78, 5) is 19.9. The molecule has 2 atom stereocenters. The van der Waals surface area contributed by atoms with E-state index in [1.54, 1.807) is 12.1 Å². The van der Waals surface area contributed by atoms with Crippen molar-refractivity contribution in [3.63, 3.8) is 0 Å². The zero-order valence-corrected chi connectivity index (χ0v) is 14.9. The standard InChI is InChI=1S/C18H21FN2O2S/c1-11-9-21(10-12(2)23-11)18(22)17-13(3)20-16(24-17)8-14-4-6-15(19)7-5-14/h4-7,11-12H,8-10H2,1-3H3/t11-,12+. The SMILES string of the molecule is Cc1nc(Cc2ccc(F)cc2)sc1C(=O)N1C[C@@H](C)O[C@@H](C)C1. The first-order valence-electron chi connectivity index (χ1n) is 8.08. The van der Waals surface area contributed by atoms with E-state index in [1.165, 1.54) is 23.5 Å². The van der Waals surface area contributed by atoms with Crippen LogP contribution in [0.15, 0.2) is 24.3 Å². The van der Waals surface area contributed by atoms with Crippen molar-refractivity contribution in [1.82, 2.24) is 9.88 Å². The van der Waals surface area contributed by atoms with Gasteiger partial charge < -0.3 is 9.64 Å². The first-order valence-corrected chi connectivity index (χ1v) is 8.89. The molecule has 4 nitrogen and oxygen atoms in total. The second-order valence-electron chi connectivity index (χ2n) is 6.29. The van der Waals surface area contributed by atoms with Gasteiger partial charge in [0.15, 0.2) is 0 Å². The Hall–Kier alpha value is -1.79. The molecular weight excluding hydrogens is 327 g/mol. The fourth-order valence-electron chi connectivity index (χ4n) is 2.99. The second-order valence-corrected chi connectivity index (χ2v) is 7.38. The third-order valence-corrected chi connectivity index (χ3v) is 5.16. The summed E-state index contributed by atoms with van der Waals surface area (Å²) < 4.78 is 18.7. The molecule has 0 aliphatic carbocycles. The highest BCUT2D eigenvalue weighted by Gasteiger charge is 2.28. The maximum absolute atomic E-state index is 13.0. The van der Waals surface area contributed by atoms with Gasteiger partial charge in [-0.25, -0.2) is 9.37 Å². The van der Waals surface area contributed by atoms with E-state index in [2.05, 4.69) is 4.98 Å². The Morgan fingerprint density at radius 3 is 2.54 bits per heavy atom. The van der Waals surface area contributed by atoms with Crippen molar-refractivity contribution < 1.29 is 13.9 Å². The highest BCUT2D eigenvalue weighted by atomic mass is 32.1. The number of aromatic nitrogens is 1. The molecule has 1 aliphatic rings. The van der Waals surface area contributed by atoms with Crippen LogP contribution in [0, 0.1) is 12.7 Å². The van der Waals surface area contributed by atoms with Gasteiger partial charge in [0.05, 0.1) is 22.9 Å². The number of amides is 1. The van der Waals surface area contributed by atoms with E-state index in [4.69, 9.17) is 4.74 Å². The van der Waals surface area contributed by atoms with E-state index < -0.39 is 0 Å². The van der Waals surface area contributed by atoms with Crippen molar-refractivity contribution in [1.29, 1.82) is 0 Å². The van der Waals surface area contributed by atoms with Crippen molar-refractivity contribution in [2.24, 2.45) is 0 Å². The Labute approximate surface area is 145 Å². The topological polar surface area (TPSA) is 42.4 Å². The normalized spacial score (nSPS) is 21.1. The molecule has 1 saturated heterocycles. The molecule has 0 radical (unpaired) electrons. The molecule has 3 rings (SSSR count). The summed E-state index contributed by atoms with van der Waals surface area (Å²) in [5.74, 6) is -0.224. The summed E-state index contributed by atoms with van der Waals surface area (Å²) >= 11 is 1.43. The number of thiazole rings is 1. The van der Waals surface area contributed by atoms with Gasteiger partial charge in [0, 0.05) is 19.5 Å². The van der Waals surface area contributed by atoms with E-state index in [1.807, 2.05) is 25.7 Å². The molecule has 24 heavy (non-hydrogen) atoms. The Kier molecular flexibility index (Phi) is 4.96. The smallest absolute Gasteiger partial charge is 0.266 e. The molecule has 1 aromatic heterocycles. The van der Waals surface area contributed by atoms with Gasteiger partial charge in [0.2, 0.25) is 0 Å². The van der Waals surface area contributed by atoms with E-state index in [0.29, 0.717) is 24.4 Å². The minimum absolute atomic E-state index is 0.0253. The summed E-state index contributed by atoms with van der Waals surface area (Å²) in [7, 11) is 0. The van der Waals surface area contributed by atoms with Crippen LogP contribution in [0.3, 0.4) is 0 Å². The van der Waals surface area contributed by atoms with Crippen molar-refractivity contribution in [3.8, 4) is 0 Å². The summed E-state index contributed by atoms with van der Waals surface area (Å²) in [6, 6.07) is 6.38. The molecule has 0 N–H and O–H groups in total. The Morgan fingerprint density at radius 1 is 1.29 bits per heavy atom. The molecule has 0 bridgehead atoms. The highest BCUT2D eigenvalue weighted by Crippen LogP contribution is 2.24. The van der Waals surface area contributed by atoms with Crippen LogP contribution in [0.1, 0.15) is 39.8 Å². The molecule has 6 heteroatoms. The van der Waals surface area contributed by atoms with E-state index in [9.17, 15) is 9.18 Å². The fraction of sp³-hybridized carbons (Fsp3) is 0.444. The number of halogens is 1. The van der Waals surface area contributed by atoms with Gasteiger partial charge in [-0.1, -0.05) is 12.1 Å². The Balaban J connectivity index is 1.75. The first kappa shape index (κ1) is 17.0. The molecule has 0 spiro atoms. The van der Waals surface area contributed by atoms with Gasteiger partial charge >= 0.3 is 0 Å². The lowest BCUT2D eigenvalue weighted by Gasteiger charge is -2.35. The van der Waals surface area contributed by atoms with E-state index in [-0.39, 0.29) is 23.9 Å². The van der Waals surface area contributed by atoms with Gasteiger partial charge in [-0.2, -0.15) is 0 Å². The molecule has 2 heterocycles. The van der Waals surface area contributed by atoms with E-state index in [0.717, 1.165) is 16.3 Å². The zero-order chi connectivity index (χ0) is 17.3. The number of nitrogens with zero attached hydrogens (tertiary/aromatic N) is 2. The molecule has 0 saturated carbocycles. The van der Waals surface area contributed by atoms with Crippen LogP contribution in [0.5, 0.6) is 0 Å². The van der Waals surface area contributed by atoms with E-state index >= 15 is 0 Å². The molecule has 1 aliphatic heterocycles. The van der Waals surface area contributed by atoms with Crippen molar-refractivity contribution >= 4 is 17.2 Å². The number of rotatable bonds is 3. The number of carbonyl (C=O) groups is 1. The second kappa shape index (κ2) is 6.99. The molecule has 128 valence electrons. The summed E-state index contributed by atoms with van der Waals surface area (Å²) in [6.45, 7) is 7.04. The fourth-order valence-corrected chi connectivity index (χ4v) is 4.06. The van der Waals surface area contributed by atoms with Gasteiger partial charge in [0.25, 0.3) is 5.91 Å². The van der Waals surface area contributed by atoms with Crippen LogP contribution in [0.4, 0.5) is 4.39 Å². The summed E-state index contributed by atoms with van der Waals surface area (Å²) in [6.07, 6.45) is 0.698. The maximum Gasteiger partial charge on any atom is 0.266 e. The number of ether oxygens (including phenoxy) is 1. The number of hydrogen-bond acceptors (Lipinski definition) is 4. The Morgan fingerprint density at radius 2 is 1.92 bits per heavy atom. The lowest BCUT2D eigenvalue weighted by molar-refractivity contribution is -0.0585. The van der Waals surface area contributed by atoms with Crippen LogP contribution < -0.4 is 0 Å². The van der Waals surface area contributed by atoms with Gasteiger partial charge in [-0.3, -0.25) is 4.79 Å². The molecular formula is C18H21FN2O2S. The number of carbonyl (C=O) groups excluding carboxylic acids is 1. The van der Waals surface area contributed by atoms with Crippen molar-refractivity contribution in [2.45, 2.75) is 39.4 Å². The van der Waals surface area contributed by atoms with Crippen LogP contribution in [0.2, 0.25) is 0 Å². The maximum atomic E-state index is 13.0. The third kappa shape index (κ3) is 3.82. The molecule has 1 aromatic carbocycles. The van der Waals surface area contributed by atoms with Gasteiger partial charge in [-0.05, 0) is 38.5 Å². The highest BCUT2D eigenvalue weighted by molar-refractivity contribution is 7.13.